The van der Waals surface area contributed by atoms with Gasteiger partial charge in [0.2, 0.25) is 0 Å². The number of para-hydroxylation sites is 1. The number of halogens is 1. The molecule has 4 nitrogen and oxygen atoms in total. The topological polar surface area (TPSA) is 52.8 Å². The quantitative estimate of drug-likeness (QED) is 0.855. The van der Waals surface area contributed by atoms with Crippen LogP contribution in [0.5, 0.6) is 0 Å². The van der Waals surface area contributed by atoms with Crippen LogP contribution >= 0.6 is 23.1 Å². The summed E-state index contributed by atoms with van der Waals surface area (Å²) in [6.45, 7) is 0.536. The van der Waals surface area contributed by atoms with E-state index in [1.807, 2.05) is 30.1 Å². The Morgan fingerprint density at radius 2 is 2.24 bits per heavy atom. The Morgan fingerprint density at radius 3 is 2.88 bits per heavy atom. The van der Waals surface area contributed by atoms with Crippen LogP contribution in [0, 0.1) is 11.3 Å². The second kappa shape index (κ2) is 5.13. The summed E-state index contributed by atoms with van der Waals surface area (Å²) in [7, 11) is 1.89. The lowest BCUT2D eigenvalue weighted by atomic mass is 10.2. The molecule has 0 saturated heterocycles. The Balaban J connectivity index is 2.24. The number of hydrogen-bond acceptors (Lipinski definition) is 5. The molecule has 0 N–H and O–H groups in total. The van der Waals surface area contributed by atoms with E-state index in [0.717, 1.165) is 22.9 Å². The highest BCUT2D eigenvalue weighted by molar-refractivity contribution is 7.10. The number of nitriles is 1. The lowest BCUT2D eigenvalue weighted by Crippen LogP contribution is -2.18. The highest BCUT2D eigenvalue weighted by Crippen LogP contribution is 2.23. The Labute approximate surface area is 108 Å². The van der Waals surface area contributed by atoms with Gasteiger partial charge in [0.15, 0.2) is 0 Å². The fraction of sp³-hybridized carbons (Fsp3) is 0.182. The monoisotopic (exact) mass is 264 g/mol. The first-order chi connectivity index (χ1) is 8.22. The minimum Gasteiger partial charge on any atom is -0.367 e. The maximum atomic E-state index is 9.02. The number of nitrogens with zero attached hydrogens (tertiary/aromatic N) is 4. The highest BCUT2D eigenvalue weighted by Gasteiger charge is 2.11. The van der Waals surface area contributed by atoms with Gasteiger partial charge < -0.3 is 4.90 Å². The first-order valence-corrected chi connectivity index (χ1v) is 6.04. The lowest BCUT2D eigenvalue weighted by Gasteiger charge is -2.19. The van der Waals surface area contributed by atoms with Crippen molar-refractivity contribution in [2.75, 3.05) is 11.9 Å². The van der Waals surface area contributed by atoms with Gasteiger partial charge in [-0.3, -0.25) is 0 Å². The minimum atomic E-state index is 0.536. The van der Waals surface area contributed by atoms with Crippen LogP contribution in [0.1, 0.15) is 11.3 Å². The molecule has 0 amide bonds. The number of hydrogen-bond donors (Lipinski definition) is 0. The van der Waals surface area contributed by atoms with Gasteiger partial charge in [-0.15, -0.1) is 5.10 Å². The molecule has 1 aromatic carbocycles. The molecule has 0 bridgehead atoms. The third-order valence-electron chi connectivity index (χ3n) is 2.33. The number of benzene rings is 1. The molecule has 0 atom stereocenters. The fourth-order valence-corrected chi connectivity index (χ4v) is 2.11. The highest BCUT2D eigenvalue weighted by atomic mass is 35.5. The van der Waals surface area contributed by atoms with Crippen LogP contribution in [-0.2, 0) is 6.54 Å². The molecule has 0 radical (unpaired) electrons. The van der Waals surface area contributed by atoms with E-state index in [1.54, 1.807) is 6.07 Å². The predicted octanol–water partition coefficient (Wildman–Crippen LogP) is 2.70. The van der Waals surface area contributed by atoms with Crippen LogP contribution in [0.3, 0.4) is 0 Å². The largest absolute Gasteiger partial charge is 0.367 e. The van der Waals surface area contributed by atoms with Crippen LogP contribution < -0.4 is 4.90 Å². The summed E-state index contributed by atoms with van der Waals surface area (Å²) in [6.07, 6.45) is 0. The number of anilines is 1. The standard InChI is InChI=1S/C11H9ClN4S/c1-16(7-9-11(12)17-15-14-9)10-5-3-2-4-8(10)6-13/h2-5H,7H2,1H3. The van der Waals surface area contributed by atoms with E-state index in [0.29, 0.717) is 16.4 Å². The third kappa shape index (κ3) is 2.54. The molecule has 0 aliphatic carbocycles. The van der Waals surface area contributed by atoms with E-state index in [1.165, 1.54) is 0 Å². The van der Waals surface area contributed by atoms with Crippen molar-refractivity contribution in [3.05, 3.63) is 39.9 Å². The van der Waals surface area contributed by atoms with Gasteiger partial charge in [-0.05, 0) is 12.1 Å². The van der Waals surface area contributed by atoms with Gasteiger partial charge in [0.1, 0.15) is 16.1 Å². The van der Waals surface area contributed by atoms with E-state index in [4.69, 9.17) is 16.9 Å². The molecule has 2 rings (SSSR count). The molecule has 0 saturated carbocycles. The average Bonchev–Trinajstić information content (AvgIpc) is 2.75. The van der Waals surface area contributed by atoms with Crippen LogP contribution in [0.15, 0.2) is 24.3 Å². The molecule has 86 valence electrons. The SMILES string of the molecule is CN(Cc1nnsc1Cl)c1ccccc1C#N. The first-order valence-electron chi connectivity index (χ1n) is 4.89. The molecule has 6 heteroatoms. The fourth-order valence-electron chi connectivity index (χ4n) is 1.50. The van der Waals surface area contributed by atoms with Crippen molar-refractivity contribution in [2.24, 2.45) is 0 Å². The zero-order valence-electron chi connectivity index (χ0n) is 9.09. The summed E-state index contributed by atoms with van der Waals surface area (Å²) in [5.74, 6) is 0. The molecule has 0 unspecified atom stereocenters. The van der Waals surface area contributed by atoms with Gasteiger partial charge in [0, 0.05) is 18.6 Å². The summed E-state index contributed by atoms with van der Waals surface area (Å²) in [5, 5.41) is 13.0. The van der Waals surface area contributed by atoms with Crippen LogP contribution in [0.2, 0.25) is 4.34 Å². The number of aromatic nitrogens is 2. The van der Waals surface area contributed by atoms with Crippen molar-refractivity contribution in [1.29, 1.82) is 5.26 Å². The molecule has 2 aromatic rings. The third-order valence-corrected chi connectivity index (χ3v) is 3.32. The summed E-state index contributed by atoms with van der Waals surface area (Å²) in [4.78, 5) is 1.93. The van der Waals surface area contributed by atoms with Crippen LogP contribution in [0.25, 0.3) is 0 Å². The van der Waals surface area contributed by atoms with Crippen molar-refractivity contribution in [1.82, 2.24) is 9.59 Å². The zero-order valence-corrected chi connectivity index (χ0v) is 10.7. The summed E-state index contributed by atoms with van der Waals surface area (Å²) in [5.41, 5.74) is 2.22. The van der Waals surface area contributed by atoms with Crippen LogP contribution in [-0.4, -0.2) is 16.6 Å². The second-order valence-electron chi connectivity index (χ2n) is 3.48. The molecule has 0 fully saturated rings. The van der Waals surface area contributed by atoms with E-state index >= 15 is 0 Å². The van der Waals surface area contributed by atoms with Crippen LogP contribution in [0.4, 0.5) is 5.69 Å². The summed E-state index contributed by atoms with van der Waals surface area (Å²) < 4.78 is 4.37. The lowest BCUT2D eigenvalue weighted by molar-refractivity contribution is 0.871. The van der Waals surface area contributed by atoms with E-state index < -0.39 is 0 Å². The van der Waals surface area contributed by atoms with Gasteiger partial charge in [0.25, 0.3) is 0 Å². The molecule has 17 heavy (non-hydrogen) atoms. The Kier molecular flexibility index (Phi) is 3.57. The molecule has 0 aliphatic heterocycles. The minimum absolute atomic E-state index is 0.536. The summed E-state index contributed by atoms with van der Waals surface area (Å²) >= 11 is 7.11. The van der Waals surface area contributed by atoms with Crippen molar-refractivity contribution < 1.29 is 0 Å². The summed E-state index contributed by atoms with van der Waals surface area (Å²) in [6, 6.07) is 9.58. The molecule has 0 aliphatic rings. The van der Waals surface area contributed by atoms with Gasteiger partial charge >= 0.3 is 0 Å². The van der Waals surface area contributed by atoms with E-state index in [2.05, 4.69) is 15.7 Å². The maximum absolute atomic E-state index is 9.02. The second-order valence-corrected chi connectivity index (χ2v) is 4.83. The number of rotatable bonds is 3. The molecular formula is C11H9ClN4S. The van der Waals surface area contributed by atoms with E-state index in [9.17, 15) is 0 Å². The van der Waals surface area contributed by atoms with Crippen molar-refractivity contribution in [3.63, 3.8) is 0 Å². The average molecular weight is 265 g/mol. The van der Waals surface area contributed by atoms with E-state index in [-0.39, 0.29) is 0 Å². The van der Waals surface area contributed by atoms with Gasteiger partial charge in [0.05, 0.1) is 17.8 Å². The van der Waals surface area contributed by atoms with Crippen molar-refractivity contribution >= 4 is 28.8 Å². The molecular weight excluding hydrogens is 256 g/mol. The van der Waals surface area contributed by atoms with Gasteiger partial charge in [-0.25, -0.2) is 0 Å². The predicted molar refractivity (Wildman–Crippen MR) is 68.2 cm³/mol. The molecule has 0 spiro atoms. The Bertz CT molecular complexity index is 561. The Hall–Kier alpha value is -1.64. The van der Waals surface area contributed by atoms with Crippen molar-refractivity contribution in [3.8, 4) is 6.07 Å². The van der Waals surface area contributed by atoms with Gasteiger partial charge in [-0.1, -0.05) is 28.2 Å². The smallest absolute Gasteiger partial charge is 0.139 e. The normalized spacial score (nSPS) is 9.94. The Morgan fingerprint density at radius 1 is 1.47 bits per heavy atom. The zero-order chi connectivity index (χ0) is 12.3. The van der Waals surface area contributed by atoms with Gasteiger partial charge in [-0.2, -0.15) is 5.26 Å². The van der Waals surface area contributed by atoms with Crippen molar-refractivity contribution in [2.45, 2.75) is 6.54 Å². The first kappa shape index (κ1) is 11.8. The molecule has 1 aromatic heterocycles. The maximum Gasteiger partial charge on any atom is 0.139 e. The molecule has 1 heterocycles.